The Balaban J connectivity index is 0.00000504. The summed E-state index contributed by atoms with van der Waals surface area (Å²) < 4.78 is 9.29. The van der Waals surface area contributed by atoms with Crippen LogP contribution in [0.1, 0.15) is 149 Å². The fraction of sp³-hybridized carbons (Fsp3) is 0.368. The van der Waals surface area contributed by atoms with Crippen molar-refractivity contribution in [2.75, 3.05) is 0 Å². The van der Waals surface area contributed by atoms with E-state index in [0.29, 0.717) is 23.3 Å². The van der Waals surface area contributed by atoms with E-state index in [-0.39, 0.29) is 42.2 Å². The van der Waals surface area contributed by atoms with Crippen LogP contribution < -0.4 is 4.74 Å². The third kappa shape index (κ3) is 6.48. The number of hydrogen-bond acceptors (Lipinski definition) is 4. The molecule has 2 atom stereocenters. The van der Waals surface area contributed by atoms with Gasteiger partial charge in [-0.15, -0.1) is 40.4 Å². The zero-order chi connectivity index (χ0) is 44.0. The van der Waals surface area contributed by atoms with Crippen LogP contribution in [0.5, 0.6) is 11.5 Å². The van der Waals surface area contributed by atoms with E-state index in [9.17, 15) is 0 Å². The maximum atomic E-state index is 7.15. The number of aromatic nitrogens is 2. The van der Waals surface area contributed by atoms with Crippen molar-refractivity contribution in [2.24, 2.45) is 4.99 Å². The Morgan fingerprint density at radius 1 is 0.778 bits per heavy atom. The smallest absolute Gasteiger partial charge is 0.503 e. The fourth-order valence-corrected chi connectivity index (χ4v) is 12.2. The molecule has 1 aliphatic carbocycles. The van der Waals surface area contributed by atoms with Crippen molar-refractivity contribution in [3.8, 4) is 28.4 Å². The number of fused-ring (bicyclic) bond motifs is 8. The first-order chi connectivity index (χ1) is 29.2. The average Bonchev–Trinajstić information content (AvgIpc) is 3.76. The predicted molar refractivity (Wildman–Crippen MR) is 261 cm³/mol. The van der Waals surface area contributed by atoms with Crippen LogP contribution in [0.15, 0.2) is 84.0 Å². The van der Waals surface area contributed by atoms with Crippen LogP contribution >= 0.6 is 11.8 Å². The molecule has 0 spiro atoms. The Morgan fingerprint density at radius 3 is 2.17 bits per heavy atom. The molecule has 0 unspecified atom stereocenters. The molecule has 324 valence electrons. The molecule has 4 nitrogen and oxygen atoms in total. The summed E-state index contributed by atoms with van der Waals surface area (Å²) in [4.78, 5) is 10.7. The normalized spacial score (nSPS) is 19.7. The Kier molecular flexibility index (Phi) is 10.3. The number of ether oxygens (including phenoxy) is 1. The maximum Gasteiger partial charge on any atom is 2.00 e. The number of thioether (sulfide) groups is 1. The fourth-order valence-electron chi connectivity index (χ4n) is 10.7. The minimum Gasteiger partial charge on any atom is -0.503 e. The van der Waals surface area contributed by atoms with Crippen LogP contribution in [0.2, 0.25) is 0 Å². The van der Waals surface area contributed by atoms with Crippen LogP contribution in [0.4, 0.5) is 0 Å². The van der Waals surface area contributed by atoms with Gasteiger partial charge in [0, 0.05) is 39.2 Å². The number of pyridine rings is 1. The molecule has 0 saturated carbocycles. The monoisotopic (exact) mass is 1030 g/mol. The van der Waals surface area contributed by atoms with E-state index in [1.54, 1.807) is 0 Å². The second-order valence-corrected chi connectivity index (χ2v) is 22.4. The molecule has 2 aliphatic heterocycles. The van der Waals surface area contributed by atoms with Gasteiger partial charge >= 0.3 is 21.1 Å². The summed E-state index contributed by atoms with van der Waals surface area (Å²) in [7, 11) is 0. The Bertz CT molecular complexity index is 3060. The molecular formula is C57H59N3OPtS. The molecule has 0 fully saturated rings. The van der Waals surface area contributed by atoms with Gasteiger partial charge < -0.3 is 14.3 Å². The quantitative estimate of drug-likeness (QED) is 0.156. The van der Waals surface area contributed by atoms with Crippen LogP contribution in [-0.2, 0) is 43.1 Å². The molecule has 0 N–H and O–H groups in total. The van der Waals surface area contributed by atoms with Gasteiger partial charge in [0.15, 0.2) is 0 Å². The first kappa shape index (κ1) is 43.8. The Labute approximate surface area is 393 Å². The van der Waals surface area contributed by atoms with Crippen molar-refractivity contribution in [2.45, 2.75) is 136 Å². The van der Waals surface area contributed by atoms with E-state index in [1.807, 2.05) is 18.0 Å². The molecule has 2 aromatic heterocycles. The van der Waals surface area contributed by atoms with Crippen molar-refractivity contribution < 1.29 is 25.8 Å². The molecule has 4 heterocycles. The number of benzene rings is 5. The maximum absolute atomic E-state index is 7.15. The summed E-state index contributed by atoms with van der Waals surface area (Å²) >= 11 is 1.89. The molecule has 7 aromatic rings. The molecule has 0 bridgehead atoms. The number of nitrogens with zero attached hydrogens (tertiary/aromatic N) is 3. The molecule has 3 aliphatic rings. The molecule has 10 rings (SSSR count). The summed E-state index contributed by atoms with van der Waals surface area (Å²) in [5.41, 5.74) is 18.2. The van der Waals surface area contributed by atoms with Gasteiger partial charge in [-0.3, -0.25) is 0 Å². The first-order valence-electron chi connectivity index (χ1n) is 22.5. The van der Waals surface area contributed by atoms with Crippen molar-refractivity contribution in [3.05, 3.63) is 152 Å². The zero-order valence-electron chi connectivity index (χ0n) is 39.3. The number of rotatable bonds is 6. The number of hydrogen-bond donors (Lipinski definition) is 0. The summed E-state index contributed by atoms with van der Waals surface area (Å²) in [6.45, 7) is 32.2. The molecule has 0 saturated heterocycles. The third-order valence-corrected chi connectivity index (χ3v) is 16.4. The van der Waals surface area contributed by atoms with Gasteiger partial charge in [-0.05, 0) is 113 Å². The van der Waals surface area contributed by atoms with Crippen LogP contribution in [0, 0.1) is 32.9 Å². The predicted octanol–water partition coefficient (Wildman–Crippen LogP) is 15.1. The van der Waals surface area contributed by atoms with Gasteiger partial charge in [-0.25, -0.2) is 4.98 Å². The summed E-state index contributed by atoms with van der Waals surface area (Å²) in [5.74, 6) is 2.98. The summed E-state index contributed by atoms with van der Waals surface area (Å²) in [6, 6.07) is 35.0. The molecule has 0 amide bonds. The van der Waals surface area contributed by atoms with Crippen molar-refractivity contribution in [3.63, 3.8) is 0 Å². The van der Waals surface area contributed by atoms with E-state index in [1.165, 1.54) is 66.5 Å². The largest absolute Gasteiger partial charge is 2.00 e. The van der Waals surface area contributed by atoms with Gasteiger partial charge in [-0.2, -0.15) is 6.07 Å². The summed E-state index contributed by atoms with van der Waals surface area (Å²) in [5, 5.41) is 3.41. The van der Waals surface area contributed by atoms with Crippen LogP contribution in [-0.4, -0.2) is 20.1 Å². The van der Waals surface area contributed by atoms with Crippen LogP contribution in [0.25, 0.3) is 38.8 Å². The standard InChI is InChI=1S/C57H59N3OS.Pt/c1-31(2)40-17-15-18-41(32(3)4)50(40)36-24-37(53-59-56(13)30-44-35(7)33(5)20-21-45(44)57(56,14)62-53)26-39(25-36)61-49-29-48-42(23-34(49)6)43-27-38(54(8,9)10)28-47-51(43)60(48)52-46(55(47,11)12)19-16-22-58-52;/h15-25,27-28,31-32H,30H2,1-14H3;/q-2;+2/t56-,57+;/m1./s1. The van der Waals surface area contributed by atoms with E-state index in [0.717, 1.165) is 44.9 Å². The molecule has 6 heteroatoms. The Hall–Kier alpha value is -4.44. The van der Waals surface area contributed by atoms with E-state index < -0.39 is 0 Å². The zero-order valence-corrected chi connectivity index (χ0v) is 42.4. The Morgan fingerprint density at radius 2 is 1.49 bits per heavy atom. The second kappa shape index (κ2) is 14.8. The SMILES string of the molecule is Cc1cc2c3cc(C(C)(C)C)cc4c3n(c2[c-]c1Oc1[c-]c(C2=N[C@]3(C)Cc5c(ccc(C)c5C)[C@]3(C)S2)cc(-c2c(C(C)C)cccc2C(C)C)c1)-c1ncccc1C4(C)C.[Pt+2]. The summed E-state index contributed by atoms with van der Waals surface area (Å²) in [6.07, 6.45) is 2.84. The molecular weight excluding hydrogens is 970 g/mol. The van der Waals surface area contributed by atoms with E-state index in [4.69, 9.17) is 14.7 Å². The molecule has 63 heavy (non-hydrogen) atoms. The van der Waals surface area contributed by atoms with Gasteiger partial charge in [0.1, 0.15) is 5.82 Å². The minimum absolute atomic E-state index is 0. The van der Waals surface area contributed by atoms with Gasteiger partial charge in [0.2, 0.25) is 0 Å². The van der Waals surface area contributed by atoms with Gasteiger partial charge in [-0.1, -0.05) is 141 Å². The van der Waals surface area contributed by atoms with Gasteiger partial charge in [0.05, 0.1) is 10.3 Å². The van der Waals surface area contributed by atoms with Crippen molar-refractivity contribution in [1.82, 2.24) is 9.55 Å². The van der Waals surface area contributed by atoms with Crippen molar-refractivity contribution >= 4 is 38.6 Å². The molecule has 5 aromatic carbocycles. The van der Waals surface area contributed by atoms with Crippen LogP contribution in [0.3, 0.4) is 0 Å². The minimum atomic E-state index is -0.282. The van der Waals surface area contributed by atoms with Gasteiger partial charge in [0.25, 0.3) is 0 Å². The van der Waals surface area contributed by atoms with Crippen molar-refractivity contribution in [1.29, 1.82) is 0 Å². The molecule has 0 radical (unpaired) electrons. The van der Waals surface area contributed by atoms with E-state index in [2.05, 4.69) is 186 Å². The number of aryl methyl sites for hydroxylation is 2. The topological polar surface area (TPSA) is 39.4 Å². The van der Waals surface area contributed by atoms with E-state index >= 15 is 0 Å². The number of aliphatic imine (C=N–C) groups is 1. The average molecular weight is 1030 g/mol. The third-order valence-electron chi connectivity index (χ3n) is 14.8. The second-order valence-electron chi connectivity index (χ2n) is 21.0. The first-order valence-corrected chi connectivity index (χ1v) is 23.3.